The molecule has 2 atom stereocenters. The normalized spacial score (nSPS) is 23.4. The molecule has 0 bridgehead atoms. The molecule has 0 radical (unpaired) electrons. The van der Waals surface area contributed by atoms with Crippen LogP contribution in [0.3, 0.4) is 0 Å². The van der Waals surface area contributed by atoms with E-state index in [1.165, 1.54) is 26.2 Å². The third kappa shape index (κ3) is 5.58. The van der Waals surface area contributed by atoms with Crippen molar-refractivity contribution in [2.75, 3.05) is 38.2 Å². The maximum absolute atomic E-state index is 12.8. The number of likely N-dealkylation sites (N-methyl/N-ethyl adjacent to an activating group) is 1. The standard InChI is InChI=1S/C25H33F3N8O/c1-16(29)32-23(31-15-25(26,27)28)18-14-35-10-11-37-21-12-22(30-13-17(21)24(35)33-18)36-9-5-7-20(36)19-6-3-4-8-34(19)2/h12-14,19-20H,3-11,15H2,1-2H3,(H2,29,31,32). The zero-order chi connectivity index (χ0) is 26.2. The molecule has 2 unspecified atom stereocenters. The number of nitrogens with two attached hydrogens (primary N) is 1. The van der Waals surface area contributed by atoms with Gasteiger partial charge in [0.15, 0.2) is 5.84 Å². The van der Waals surface area contributed by atoms with Gasteiger partial charge in [-0.15, -0.1) is 0 Å². The highest BCUT2D eigenvalue weighted by atomic mass is 19.4. The fraction of sp³-hybridized carbons (Fsp3) is 0.600. The molecule has 5 rings (SSSR count). The minimum atomic E-state index is -4.46. The van der Waals surface area contributed by atoms with E-state index in [9.17, 15) is 13.2 Å². The number of imidazole rings is 1. The van der Waals surface area contributed by atoms with Crippen LogP contribution in [0.5, 0.6) is 5.75 Å². The van der Waals surface area contributed by atoms with E-state index < -0.39 is 12.7 Å². The van der Waals surface area contributed by atoms with Crippen molar-refractivity contribution in [3.05, 3.63) is 24.2 Å². The Bertz CT molecular complexity index is 1190. The Labute approximate surface area is 214 Å². The Morgan fingerprint density at radius 3 is 2.73 bits per heavy atom. The van der Waals surface area contributed by atoms with Crippen LogP contribution >= 0.6 is 0 Å². The molecule has 3 aliphatic rings. The second kappa shape index (κ2) is 10.3. The van der Waals surface area contributed by atoms with Gasteiger partial charge >= 0.3 is 6.18 Å². The lowest BCUT2D eigenvalue weighted by Crippen LogP contribution is -2.50. The molecule has 0 aromatic carbocycles. The van der Waals surface area contributed by atoms with E-state index in [0.717, 1.165) is 31.7 Å². The molecule has 0 saturated carbocycles. The first kappa shape index (κ1) is 25.5. The van der Waals surface area contributed by atoms with E-state index in [4.69, 9.17) is 15.5 Å². The molecule has 12 heteroatoms. The van der Waals surface area contributed by atoms with Crippen LogP contribution in [0.25, 0.3) is 11.4 Å². The van der Waals surface area contributed by atoms with Crippen molar-refractivity contribution < 1.29 is 17.9 Å². The predicted octanol–water partition coefficient (Wildman–Crippen LogP) is 3.48. The summed E-state index contributed by atoms with van der Waals surface area (Å²) in [6.07, 6.45) is 4.91. The summed E-state index contributed by atoms with van der Waals surface area (Å²) in [6.45, 7) is 3.08. The molecule has 2 fully saturated rings. The van der Waals surface area contributed by atoms with Gasteiger partial charge in [0.05, 0.1) is 17.9 Å². The summed E-state index contributed by atoms with van der Waals surface area (Å²) in [5.41, 5.74) is 6.56. The van der Waals surface area contributed by atoms with E-state index in [1.807, 2.05) is 10.6 Å². The molecule has 5 heterocycles. The van der Waals surface area contributed by atoms with Crippen LogP contribution < -0.4 is 15.4 Å². The lowest BCUT2D eigenvalue weighted by Gasteiger charge is -2.40. The fourth-order valence-corrected chi connectivity index (χ4v) is 5.60. The number of halogens is 3. The highest BCUT2D eigenvalue weighted by molar-refractivity contribution is 6.04. The molecular formula is C25H33F3N8O. The third-order valence-corrected chi connectivity index (χ3v) is 7.24. The van der Waals surface area contributed by atoms with Gasteiger partial charge in [0.25, 0.3) is 0 Å². The summed E-state index contributed by atoms with van der Waals surface area (Å²) in [5, 5.41) is 0. The number of amidine groups is 2. The van der Waals surface area contributed by atoms with Crippen molar-refractivity contribution in [1.29, 1.82) is 0 Å². The Balaban J connectivity index is 1.46. The van der Waals surface area contributed by atoms with Crippen molar-refractivity contribution >= 4 is 17.5 Å². The summed E-state index contributed by atoms with van der Waals surface area (Å²) in [6, 6.07) is 2.90. The largest absolute Gasteiger partial charge is 0.491 e. The summed E-state index contributed by atoms with van der Waals surface area (Å²) in [7, 11) is 2.22. The van der Waals surface area contributed by atoms with Crippen LogP contribution in [0.15, 0.2) is 28.4 Å². The van der Waals surface area contributed by atoms with Crippen LogP contribution in [0.2, 0.25) is 0 Å². The summed E-state index contributed by atoms with van der Waals surface area (Å²) >= 11 is 0. The molecular weight excluding hydrogens is 485 g/mol. The second-order valence-electron chi connectivity index (χ2n) is 9.99. The lowest BCUT2D eigenvalue weighted by molar-refractivity contribution is -0.118. The van der Waals surface area contributed by atoms with Crippen LogP contribution in [0.1, 0.15) is 44.7 Å². The van der Waals surface area contributed by atoms with E-state index in [-0.39, 0.29) is 17.4 Å². The predicted molar refractivity (Wildman–Crippen MR) is 136 cm³/mol. The number of nitrogens with zero attached hydrogens (tertiary/aromatic N) is 7. The molecule has 9 nitrogen and oxygen atoms in total. The van der Waals surface area contributed by atoms with Gasteiger partial charge in [0.1, 0.15) is 36.2 Å². The van der Waals surface area contributed by atoms with Crippen molar-refractivity contribution in [2.24, 2.45) is 15.7 Å². The Morgan fingerprint density at radius 2 is 1.97 bits per heavy atom. The molecule has 0 spiro atoms. The molecule has 37 heavy (non-hydrogen) atoms. The van der Waals surface area contributed by atoms with Gasteiger partial charge in [-0.05, 0) is 46.2 Å². The van der Waals surface area contributed by atoms with Crippen molar-refractivity contribution in [1.82, 2.24) is 19.4 Å². The second-order valence-corrected chi connectivity index (χ2v) is 9.99. The van der Waals surface area contributed by atoms with Gasteiger partial charge in [-0.1, -0.05) is 6.42 Å². The summed E-state index contributed by atoms with van der Waals surface area (Å²) in [4.78, 5) is 21.9. The quantitative estimate of drug-likeness (QED) is 0.492. The van der Waals surface area contributed by atoms with Gasteiger partial charge in [-0.2, -0.15) is 13.2 Å². The Morgan fingerprint density at radius 1 is 1.16 bits per heavy atom. The molecule has 0 amide bonds. The van der Waals surface area contributed by atoms with Crippen molar-refractivity contribution in [2.45, 2.75) is 63.8 Å². The van der Waals surface area contributed by atoms with E-state index >= 15 is 0 Å². The molecule has 2 N–H and O–H groups in total. The number of aromatic nitrogens is 3. The highest BCUT2D eigenvalue weighted by Crippen LogP contribution is 2.37. The number of hydrogen-bond donors (Lipinski definition) is 1. The number of aliphatic imine (C=N–C) groups is 2. The smallest absolute Gasteiger partial charge is 0.408 e. The zero-order valence-electron chi connectivity index (χ0n) is 21.2. The zero-order valence-corrected chi connectivity index (χ0v) is 21.2. The number of fused-ring (bicyclic) bond motifs is 3. The molecule has 2 aromatic rings. The minimum Gasteiger partial charge on any atom is -0.491 e. The van der Waals surface area contributed by atoms with Crippen LogP contribution in [0, 0.1) is 0 Å². The number of hydrogen-bond acceptors (Lipinski definition) is 6. The number of likely N-dealkylation sites (tertiary alicyclic amines) is 1. The van der Waals surface area contributed by atoms with E-state index in [0.29, 0.717) is 42.4 Å². The first-order valence-electron chi connectivity index (χ1n) is 12.8. The highest BCUT2D eigenvalue weighted by Gasteiger charge is 2.36. The summed E-state index contributed by atoms with van der Waals surface area (Å²) < 4.78 is 46.4. The minimum absolute atomic E-state index is 0.0999. The molecule has 0 aliphatic carbocycles. The molecule has 2 aromatic heterocycles. The number of alkyl halides is 3. The topological polar surface area (TPSA) is 97.2 Å². The molecule has 3 aliphatic heterocycles. The van der Waals surface area contributed by atoms with Crippen molar-refractivity contribution in [3.63, 3.8) is 0 Å². The molecule has 200 valence electrons. The van der Waals surface area contributed by atoms with Gasteiger partial charge in [0.2, 0.25) is 0 Å². The van der Waals surface area contributed by atoms with Gasteiger partial charge < -0.3 is 24.8 Å². The van der Waals surface area contributed by atoms with E-state index in [2.05, 4.69) is 31.8 Å². The number of pyridine rings is 1. The summed E-state index contributed by atoms with van der Waals surface area (Å²) in [5.74, 6) is 2.05. The maximum atomic E-state index is 12.8. The monoisotopic (exact) mass is 518 g/mol. The number of piperidine rings is 1. The van der Waals surface area contributed by atoms with Gasteiger partial charge in [0, 0.05) is 37.1 Å². The SMILES string of the molecule is CC(N)=NC(=NCC(F)(F)F)c1cn2c(n1)-c1cnc(N3CCCC3C3CCCCN3C)cc1OCC2. The van der Waals surface area contributed by atoms with Crippen LogP contribution in [-0.2, 0) is 6.54 Å². The van der Waals surface area contributed by atoms with Crippen LogP contribution in [-0.4, -0.2) is 82.7 Å². The Kier molecular flexibility index (Phi) is 7.11. The lowest BCUT2D eigenvalue weighted by atomic mass is 9.94. The Hall–Kier alpha value is -3.15. The van der Waals surface area contributed by atoms with E-state index in [1.54, 1.807) is 12.4 Å². The van der Waals surface area contributed by atoms with Gasteiger partial charge in [-0.3, -0.25) is 4.99 Å². The number of ether oxygens (including phenoxy) is 1. The molecule has 2 saturated heterocycles. The average Bonchev–Trinajstić information content (AvgIpc) is 3.46. The average molecular weight is 519 g/mol. The first-order valence-corrected chi connectivity index (χ1v) is 12.8. The van der Waals surface area contributed by atoms with Crippen LogP contribution in [0.4, 0.5) is 19.0 Å². The maximum Gasteiger partial charge on any atom is 0.408 e. The first-order chi connectivity index (χ1) is 17.7. The number of rotatable bonds is 4. The van der Waals surface area contributed by atoms with Crippen molar-refractivity contribution in [3.8, 4) is 17.1 Å². The van der Waals surface area contributed by atoms with Gasteiger partial charge in [-0.25, -0.2) is 15.0 Å². The third-order valence-electron chi connectivity index (χ3n) is 7.24. The fourth-order valence-electron chi connectivity index (χ4n) is 5.60. The number of anilines is 1.